The van der Waals surface area contributed by atoms with Gasteiger partial charge in [-0.15, -0.1) is 0 Å². The zero-order valence-corrected chi connectivity index (χ0v) is 22.7. The van der Waals surface area contributed by atoms with E-state index in [1.807, 2.05) is 0 Å². The summed E-state index contributed by atoms with van der Waals surface area (Å²) < 4.78 is 41.6. The average molecular weight is 556 g/mol. The Bertz CT molecular complexity index is 1340. The summed E-state index contributed by atoms with van der Waals surface area (Å²) in [5.74, 6) is 0.637. The molecule has 4 rings (SSSR count). The average Bonchev–Trinajstić information content (AvgIpc) is 3.11. The SMILES string of the molecule is Cc1cc(C(F)(F)F)cc2c1nc(Cc1c(Cl)ccc(C(=O)N3CCC(CC(C)(C)O)CC3)c1Cl)n2C. The van der Waals surface area contributed by atoms with Gasteiger partial charge in [-0.1, -0.05) is 23.2 Å². The van der Waals surface area contributed by atoms with Crippen LogP contribution in [0.15, 0.2) is 24.3 Å². The molecule has 2 heterocycles. The zero-order valence-electron chi connectivity index (χ0n) is 21.2. The number of nitrogens with zero attached hydrogens (tertiary/aromatic N) is 3. The van der Waals surface area contributed by atoms with Crippen LogP contribution in [0.3, 0.4) is 0 Å². The Hall–Kier alpha value is -2.29. The molecular weight excluding hydrogens is 526 g/mol. The van der Waals surface area contributed by atoms with Gasteiger partial charge in [0, 0.05) is 31.6 Å². The first kappa shape index (κ1) is 27.7. The van der Waals surface area contributed by atoms with E-state index in [0.717, 1.165) is 25.0 Å². The van der Waals surface area contributed by atoms with Crippen molar-refractivity contribution in [3.8, 4) is 0 Å². The lowest BCUT2D eigenvalue weighted by Gasteiger charge is -2.34. The molecule has 200 valence electrons. The van der Waals surface area contributed by atoms with Crippen LogP contribution in [0.4, 0.5) is 13.2 Å². The summed E-state index contributed by atoms with van der Waals surface area (Å²) >= 11 is 13.2. The van der Waals surface area contributed by atoms with Gasteiger partial charge in [-0.3, -0.25) is 4.79 Å². The van der Waals surface area contributed by atoms with Gasteiger partial charge in [-0.05, 0) is 81.3 Å². The Morgan fingerprint density at radius 1 is 1.16 bits per heavy atom. The van der Waals surface area contributed by atoms with Crippen LogP contribution in [0.5, 0.6) is 0 Å². The fraction of sp³-hybridized carbons (Fsp3) is 0.481. The number of piperidine rings is 1. The number of aliphatic hydroxyl groups is 1. The normalized spacial score (nSPS) is 15.6. The van der Waals surface area contributed by atoms with Gasteiger partial charge in [0.2, 0.25) is 0 Å². The number of likely N-dealkylation sites (tertiary alicyclic amines) is 1. The Morgan fingerprint density at radius 2 is 1.81 bits per heavy atom. The maximum absolute atomic E-state index is 13.3. The summed E-state index contributed by atoms with van der Waals surface area (Å²) in [6.45, 7) is 6.32. The minimum atomic E-state index is -4.46. The second kappa shape index (κ2) is 10.1. The molecule has 5 nitrogen and oxygen atoms in total. The molecule has 1 saturated heterocycles. The van der Waals surface area contributed by atoms with Gasteiger partial charge in [0.05, 0.1) is 32.8 Å². The van der Waals surface area contributed by atoms with E-state index in [9.17, 15) is 23.1 Å². The Labute approximate surface area is 224 Å². The van der Waals surface area contributed by atoms with Gasteiger partial charge in [0.25, 0.3) is 5.91 Å². The summed E-state index contributed by atoms with van der Waals surface area (Å²) in [5.41, 5.74) is 0.598. The topological polar surface area (TPSA) is 58.4 Å². The molecule has 1 aromatic heterocycles. The highest BCUT2D eigenvalue weighted by molar-refractivity contribution is 6.38. The molecule has 1 fully saturated rings. The molecule has 1 amide bonds. The Morgan fingerprint density at radius 3 is 2.41 bits per heavy atom. The highest BCUT2D eigenvalue weighted by atomic mass is 35.5. The molecule has 0 bridgehead atoms. The molecule has 2 aromatic carbocycles. The molecule has 0 radical (unpaired) electrons. The number of carbonyl (C=O) groups is 1. The van der Waals surface area contributed by atoms with Crippen LogP contribution in [0.2, 0.25) is 10.0 Å². The molecule has 1 N–H and O–H groups in total. The van der Waals surface area contributed by atoms with Crippen molar-refractivity contribution in [1.29, 1.82) is 0 Å². The first-order valence-electron chi connectivity index (χ1n) is 12.2. The third kappa shape index (κ3) is 5.91. The second-order valence-electron chi connectivity index (χ2n) is 10.6. The largest absolute Gasteiger partial charge is 0.416 e. The summed E-state index contributed by atoms with van der Waals surface area (Å²) in [6, 6.07) is 5.40. The van der Waals surface area contributed by atoms with Crippen molar-refractivity contribution in [2.45, 2.75) is 58.2 Å². The van der Waals surface area contributed by atoms with Crippen molar-refractivity contribution in [1.82, 2.24) is 14.5 Å². The van der Waals surface area contributed by atoms with Crippen LogP contribution >= 0.6 is 23.2 Å². The summed E-state index contributed by atoms with van der Waals surface area (Å²) in [4.78, 5) is 19.7. The molecule has 1 aliphatic rings. The van der Waals surface area contributed by atoms with Gasteiger partial charge < -0.3 is 14.6 Å². The lowest BCUT2D eigenvalue weighted by molar-refractivity contribution is -0.137. The molecule has 0 aliphatic carbocycles. The number of aryl methyl sites for hydroxylation is 2. The lowest BCUT2D eigenvalue weighted by atomic mass is 9.86. The number of carbonyl (C=O) groups excluding carboxylic acids is 1. The van der Waals surface area contributed by atoms with E-state index in [0.29, 0.717) is 64.0 Å². The number of alkyl halides is 3. The van der Waals surface area contributed by atoms with E-state index in [1.165, 1.54) is 0 Å². The minimum Gasteiger partial charge on any atom is -0.390 e. The Kier molecular flexibility index (Phi) is 7.58. The molecular formula is C27H30Cl2F3N3O2. The van der Waals surface area contributed by atoms with E-state index in [-0.39, 0.29) is 17.4 Å². The van der Waals surface area contributed by atoms with Crippen molar-refractivity contribution in [3.05, 3.63) is 62.4 Å². The van der Waals surface area contributed by atoms with Crippen molar-refractivity contribution in [2.75, 3.05) is 13.1 Å². The Balaban J connectivity index is 1.60. The first-order chi connectivity index (χ1) is 17.2. The quantitative estimate of drug-likeness (QED) is 0.376. The number of imidazole rings is 1. The van der Waals surface area contributed by atoms with Crippen LogP contribution < -0.4 is 0 Å². The lowest BCUT2D eigenvalue weighted by Crippen LogP contribution is -2.40. The number of amides is 1. The predicted molar refractivity (Wildman–Crippen MR) is 139 cm³/mol. The van der Waals surface area contributed by atoms with Crippen molar-refractivity contribution in [3.63, 3.8) is 0 Å². The number of rotatable bonds is 5. The van der Waals surface area contributed by atoms with Crippen molar-refractivity contribution in [2.24, 2.45) is 13.0 Å². The van der Waals surface area contributed by atoms with Crippen LogP contribution in [-0.4, -0.2) is 44.2 Å². The summed E-state index contributed by atoms with van der Waals surface area (Å²) in [5, 5.41) is 10.7. The smallest absolute Gasteiger partial charge is 0.390 e. The number of hydrogen-bond acceptors (Lipinski definition) is 3. The fourth-order valence-corrected chi connectivity index (χ4v) is 5.71. The van der Waals surface area contributed by atoms with Gasteiger partial charge in [-0.2, -0.15) is 13.2 Å². The molecule has 1 aliphatic heterocycles. The summed E-state index contributed by atoms with van der Waals surface area (Å²) in [6.07, 6.45) is -2.03. The molecule has 0 spiro atoms. The van der Waals surface area contributed by atoms with E-state index in [4.69, 9.17) is 23.2 Å². The monoisotopic (exact) mass is 555 g/mol. The standard InChI is InChI=1S/C27H30Cl2F3N3O2/c1-15-11-17(27(30,31)32)12-21-24(15)33-22(34(21)4)13-19-20(28)6-5-18(23(19)29)25(36)35-9-7-16(8-10-35)14-26(2,3)37/h5-6,11-12,16,37H,7-10,13-14H2,1-4H3. The van der Waals surface area contributed by atoms with Gasteiger partial charge >= 0.3 is 6.18 Å². The van der Waals surface area contributed by atoms with E-state index in [1.54, 1.807) is 49.4 Å². The number of halogens is 5. The van der Waals surface area contributed by atoms with E-state index in [2.05, 4.69) is 4.98 Å². The van der Waals surface area contributed by atoms with Gasteiger partial charge in [-0.25, -0.2) is 4.98 Å². The minimum absolute atomic E-state index is 0.151. The number of aromatic nitrogens is 2. The third-order valence-electron chi connectivity index (χ3n) is 7.04. The van der Waals surface area contributed by atoms with Crippen LogP contribution in [0, 0.1) is 12.8 Å². The molecule has 0 unspecified atom stereocenters. The van der Waals surface area contributed by atoms with Crippen molar-refractivity contribution >= 4 is 40.1 Å². The van der Waals surface area contributed by atoms with Crippen molar-refractivity contribution < 1.29 is 23.1 Å². The number of benzene rings is 2. The van der Waals surface area contributed by atoms with Crippen LogP contribution in [-0.2, 0) is 19.6 Å². The zero-order chi connectivity index (χ0) is 27.3. The molecule has 37 heavy (non-hydrogen) atoms. The molecule has 0 atom stereocenters. The number of fused-ring (bicyclic) bond motifs is 1. The van der Waals surface area contributed by atoms with E-state index >= 15 is 0 Å². The van der Waals surface area contributed by atoms with Gasteiger partial charge in [0.15, 0.2) is 0 Å². The van der Waals surface area contributed by atoms with Crippen LogP contribution in [0.25, 0.3) is 11.0 Å². The first-order valence-corrected chi connectivity index (χ1v) is 12.9. The number of hydrogen-bond donors (Lipinski definition) is 1. The van der Waals surface area contributed by atoms with Crippen LogP contribution in [0.1, 0.15) is 66.0 Å². The van der Waals surface area contributed by atoms with E-state index < -0.39 is 17.3 Å². The summed E-state index contributed by atoms with van der Waals surface area (Å²) in [7, 11) is 1.65. The highest BCUT2D eigenvalue weighted by Crippen LogP contribution is 2.36. The highest BCUT2D eigenvalue weighted by Gasteiger charge is 2.32. The molecule has 0 saturated carbocycles. The predicted octanol–water partition coefficient (Wildman–Crippen LogP) is 6.81. The molecule has 3 aromatic rings. The maximum atomic E-state index is 13.3. The molecule has 10 heteroatoms. The third-order valence-corrected chi connectivity index (χ3v) is 7.82. The maximum Gasteiger partial charge on any atom is 0.416 e. The van der Waals surface area contributed by atoms with Gasteiger partial charge in [0.1, 0.15) is 5.82 Å². The second-order valence-corrected chi connectivity index (χ2v) is 11.3. The fourth-order valence-electron chi connectivity index (χ4n) is 5.13.